The first-order chi connectivity index (χ1) is 6.65. The molecule has 0 bridgehead atoms. The average molecular weight is 255 g/mol. The van der Waals surface area contributed by atoms with Crippen molar-refractivity contribution in [2.24, 2.45) is 0 Å². The van der Waals surface area contributed by atoms with Gasteiger partial charge in [-0.25, -0.2) is 4.39 Å². The molecule has 0 radical (unpaired) electrons. The standard InChI is InChI=1S/C11H8BrFO/c1-2-3-4-11(14)9-6-5-8(13)7-10(9)12/h5-7H,4H2,1H3. The zero-order valence-electron chi connectivity index (χ0n) is 7.60. The number of Topliss-reactive ketones (excluding diaryl/α,β-unsaturated/α-hetero) is 1. The molecule has 72 valence electrons. The molecule has 0 aliphatic rings. The third kappa shape index (κ3) is 2.68. The summed E-state index contributed by atoms with van der Waals surface area (Å²) in [5.74, 6) is 4.84. The molecule has 1 nitrogen and oxygen atoms in total. The first-order valence-corrected chi connectivity index (χ1v) is 4.82. The lowest BCUT2D eigenvalue weighted by molar-refractivity contribution is 0.0997. The van der Waals surface area contributed by atoms with E-state index in [1.165, 1.54) is 18.2 Å². The zero-order chi connectivity index (χ0) is 10.6. The lowest BCUT2D eigenvalue weighted by atomic mass is 10.1. The molecule has 0 fully saturated rings. The number of halogens is 2. The highest BCUT2D eigenvalue weighted by Gasteiger charge is 2.08. The van der Waals surface area contributed by atoms with E-state index in [4.69, 9.17) is 0 Å². The van der Waals surface area contributed by atoms with Crippen LogP contribution in [-0.2, 0) is 0 Å². The largest absolute Gasteiger partial charge is 0.293 e. The van der Waals surface area contributed by atoms with E-state index in [-0.39, 0.29) is 18.0 Å². The molecule has 1 aromatic carbocycles. The van der Waals surface area contributed by atoms with Gasteiger partial charge in [0.2, 0.25) is 0 Å². The second-order valence-corrected chi connectivity index (χ2v) is 3.51. The van der Waals surface area contributed by atoms with E-state index in [0.717, 1.165) is 0 Å². The summed E-state index contributed by atoms with van der Waals surface area (Å²) in [4.78, 5) is 11.5. The molecule has 14 heavy (non-hydrogen) atoms. The normalized spacial score (nSPS) is 9.07. The fraction of sp³-hybridized carbons (Fsp3) is 0.182. The van der Waals surface area contributed by atoms with Gasteiger partial charge in [-0.2, -0.15) is 0 Å². The highest BCUT2D eigenvalue weighted by Crippen LogP contribution is 2.19. The van der Waals surface area contributed by atoms with E-state index < -0.39 is 0 Å². The molecule has 1 aromatic rings. The molecule has 0 saturated carbocycles. The van der Waals surface area contributed by atoms with E-state index in [1.54, 1.807) is 6.92 Å². The minimum absolute atomic E-state index is 0.105. The topological polar surface area (TPSA) is 17.1 Å². The fourth-order valence-electron chi connectivity index (χ4n) is 0.980. The molecule has 0 aliphatic carbocycles. The fourth-order valence-corrected chi connectivity index (χ4v) is 1.55. The van der Waals surface area contributed by atoms with Crippen LogP contribution in [0.25, 0.3) is 0 Å². The molecule has 1 rings (SSSR count). The van der Waals surface area contributed by atoms with E-state index in [0.29, 0.717) is 10.0 Å². The maximum Gasteiger partial charge on any atom is 0.175 e. The summed E-state index contributed by atoms with van der Waals surface area (Å²) in [5, 5.41) is 0. The van der Waals surface area contributed by atoms with Crippen molar-refractivity contribution in [2.45, 2.75) is 13.3 Å². The first kappa shape index (κ1) is 10.9. The average Bonchev–Trinajstić information content (AvgIpc) is 2.14. The maximum absolute atomic E-state index is 12.7. The van der Waals surface area contributed by atoms with Gasteiger partial charge in [-0.05, 0) is 41.1 Å². The predicted molar refractivity (Wildman–Crippen MR) is 56.5 cm³/mol. The Balaban J connectivity index is 2.94. The lowest BCUT2D eigenvalue weighted by Gasteiger charge is -2.00. The predicted octanol–water partition coefficient (Wildman–Crippen LogP) is 3.18. The molecule has 0 aromatic heterocycles. The van der Waals surface area contributed by atoms with Crippen LogP contribution in [-0.4, -0.2) is 5.78 Å². The van der Waals surface area contributed by atoms with Gasteiger partial charge in [-0.1, -0.05) is 5.92 Å². The molecule has 3 heteroatoms. The highest BCUT2D eigenvalue weighted by atomic mass is 79.9. The summed E-state index contributed by atoms with van der Waals surface area (Å²) in [5.41, 5.74) is 0.467. The lowest BCUT2D eigenvalue weighted by Crippen LogP contribution is -1.98. The van der Waals surface area contributed by atoms with Crippen LogP contribution in [0.5, 0.6) is 0 Å². The summed E-state index contributed by atoms with van der Waals surface area (Å²) in [7, 11) is 0. The van der Waals surface area contributed by atoms with Crippen molar-refractivity contribution < 1.29 is 9.18 Å². The van der Waals surface area contributed by atoms with Crippen LogP contribution in [0, 0.1) is 17.7 Å². The van der Waals surface area contributed by atoms with Crippen molar-refractivity contribution in [1.82, 2.24) is 0 Å². The summed E-state index contributed by atoms with van der Waals surface area (Å²) in [6.07, 6.45) is 0.167. The molecule has 0 amide bonds. The van der Waals surface area contributed by atoms with Gasteiger partial charge in [-0.15, -0.1) is 5.92 Å². The number of carbonyl (C=O) groups is 1. The van der Waals surface area contributed by atoms with Crippen LogP contribution >= 0.6 is 15.9 Å². The van der Waals surface area contributed by atoms with Gasteiger partial charge >= 0.3 is 0 Å². The number of carbonyl (C=O) groups excluding carboxylic acids is 1. The van der Waals surface area contributed by atoms with Crippen LogP contribution < -0.4 is 0 Å². The van der Waals surface area contributed by atoms with Crippen molar-refractivity contribution in [3.63, 3.8) is 0 Å². The van der Waals surface area contributed by atoms with E-state index in [1.807, 2.05) is 0 Å². The molecule has 0 N–H and O–H groups in total. The summed E-state index contributed by atoms with van der Waals surface area (Å²) >= 11 is 3.13. The van der Waals surface area contributed by atoms with Gasteiger partial charge in [0.1, 0.15) is 5.82 Å². The Bertz CT molecular complexity index is 415. The molecule has 0 heterocycles. The van der Waals surface area contributed by atoms with Crippen molar-refractivity contribution in [3.05, 3.63) is 34.1 Å². The van der Waals surface area contributed by atoms with Crippen LogP contribution in [0.3, 0.4) is 0 Å². The third-order valence-electron chi connectivity index (χ3n) is 1.66. The van der Waals surface area contributed by atoms with Crippen molar-refractivity contribution >= 4 is 21.7 Å². The van der Waals surface area contributed by atoms with Crippen LogP contribution in [0.4, 0.5) is 4.39 Å². The zero-order valence-corrected chi connectivity index (χ0v) is 9.19. The van der Waals surface area contributed by atoms with Gasteiger partial charge < -0.3 is 0 Å². The summed E-state index contributed by atoms with van der Waals surface area (Å²) in [6, 6.07) is 3.99. The second-order valence-electron chi connectivity index (χ2n) is 2.65. The Hall–Kier alpha value is -1.14. The minimum Gasteiger partial charge on any atom is -0.293 e. The van der Waals surface area contributed by atoms with Gasteiger partial charge in [0, 0.05) is 10.0 Å². The van der Waals surface area contributed by atoms with Crippen molar-refractivity contribution in [1.29, 1.82) is 0 Å². The number of hydrogen-bond donors (Lipinski definition) is 0. The molecule has 0 atom stereocenters. The monoisotopic (exact) mass is 254 g/mol. The van der Waals surface area contributed by atoms with Gasteiger partial charge in [0.05, 0.1) is 6.42 Å². The quantitative estimate of drug-likeness (QED) is 0.586. The molecular weight excluding hydrogens is 247 g/mol. The summed E-state index contributed by atoms with van der Waals surface area (Å²) in [6.45, 7) is 1.67. The van der Waals surface area contributed by atoms with Gasteiger partial charge in [0.15, 0.2) is 5.78 Å². The van der Waals surface area contributed by atoms with Crippen LogP contribution in [0.2, 0.25) is 0 Å². The van der Waals surface area contributed by atoms with Gasteiger partial charge in [-0.3, -0.25) is 4.79 Å². The maximum atomic E-state index is 12.7. The SMILES string of the molecule is CC#CCC(=O)c1ccc(F)cc1Br. The Morgan fingerprint density at radius 3 is 2.86 bits per heavy atom. The number of rotatable bonds is 2. The highest BCUT2D eigenvalue weighted by molar-refractivity contribution is 9.10. The Morgan fingerprint density at radius 1 is 1.57 bits per heavy atom. The number of benzene rings is 1. The Kier molecular flexibility index (Phi) is 3.84. The van der Waals surface area contributed by atoms with E-state index >= 15 is 0 Å². The second kappa shape index (κ2) is 4.92. The third-order valence-corrected chi connectivity index (χ3v) is 2.31. The number of ketones is 1. The molecule has 0 unspecified atom stereocenters. The smallest absolute Gasteiger partial charge is 0.175 e. The molecule has 0 saturated heterocycles. The molecule has 0 spiro atoms. The van der Waals surface area contributed by atoms with Crippen LogP contribution in [0.1, 0.15) is 23.7 Å². The van der Waals surface area contributed by atoms with Crippen LogP contribution in [0.15, 0.2) is 22.7 Å². The minimum atomic E-state index is -0.366. The summed E-state index contributed by atoms with van der Waals surface area (Å²) < 4.78 is 13.2. The molecule has 0 aliphatic heterocycles. The van der Waals surface area contributed by atoms with E-state index in [9.17, 15) is 9.18 Å². The van der Waals surface area contributed by atoms with E-state index in [2.05, 4.69) is 27.8 Å². The Labute approximate surface area is 90.4 Å². The molecular formula is C11H8BrFO. The van der Waals surface area contributed by atoms with Gasteiger partial charge in [0.25, 0.3) is 0 Å². The van der Waals surface area contributed by atoms with Crippen molar-refractivity contribution in [2.75, 3.05) is 0 Å². The first-order valence-electron chi connectivity index (χ1n) is 4.03. The Morgan fingerprint density at radius 2 is 2.29 bits per heavy atom. The number of hydrogen-bond acceptors (Lipinski definition) is 1. The van der Waals surface area contributed by atoms with Crippen molar-refractivity contribution in [3.8, 4) is 11.8 Å².